The molecule has 1 fully saturated rings. The number of hydrogen-bond donors (Lipinski definition) is 2. The first kappa shape index (κ1) is 23.3. The van der Waals surface area contributed by atoms with E-state index in [4.69, 9.17) is 14.5 Å². The zero-order chi connectivity index (χ0) is 22.4. The van der Waals surface area contributed by atoms with Crippen LogP contribution >= 0.6 is 11.3 Å². The molecule has 170 valence electrons. The Balaban J connectivity index is 1.50. The first-order chi connectivity index (χ1) is 14.8. The number of aromatic nitrogens is 1. The van der Waals surface area contributed by atoms with Crippen LogP contribution in [-0.4, -0.2) is 56.2 Å². The van der Waals surface area contributed by atoms with Crippen LogP contribution < -0.4 is 20.1 Å². The molecule has 3 rings (SSSR count). The summed E-state index contributed by atoms with van der Waals surface area (Å²) in [7, 11) is 5.18. The first-order valence-corrected chi connectivity index (χ1v) is 11.5. The molecule has 2 heterocycles. The molecule has 0 radical (unpaired) electrons. The maximum atomic E-state index is 5.39. The minimum Gasteiger partial charge on any atom is -0.497 e. The van der Waals surface area contributed by atoms with Crippen LogP contribution in [0.3, 0.4) is 0 Å². The van der Waals surface area contributed by atoms with E-state index in [1.807, 2.05) is 13.1 Å². The number of methoxy groups -OCH3 is 2. The zero-order valence-corrected chi connectivity index (χ0v) is 20.3. The highest BCUT2D eigenvalue weighted by Crippen LogP contribution is 2.26. The van der Waals surface area contributed by atoms with Gasteiger partial charge >= 0.3 is 0 Å². The molecule has 0 aliphatic carbocycles. The third-order valence-electron chi connectivity index (χ3n) is 5.28. The molecule has 0 amide bonds. The van der Waals surface area contributed by atoms with E-state index in [1.54, 1.807) is 25.6 Å². The molecule has 7 nitrogen and oxygen atoms in total. The van der Waals surface area contributed by atoms with Crippen molar-refractivity contribution in [2.24, 2.45) is 4.99 Å². The van der Waals surface area contributed by atoms with Crippen LogP contribution in [0.25, 0.3) is 0 Å². The molecule has 2 aromatic rings. The van der Waals surface area contributed by atoms with E-state index in [2.05, 4.69) is 58.8 Å². The lowest BCUT2D eigenvalue weighted by Crippen LogP contribution is -2.44. The summed E-state index contributed by atoms with van der Waals surface area (Å²) in [6.07, 6.45) is 1.08. The number of benzene rings is 1. The van der Waals surface area contributed by atoms with Gasteiger partial charge in [0.25, 0.3) is 0 Å². The van der Waals surface area contributed by atoms with Gasteiger partial charge in [0.05, 0.1) is 31.5 Å². The Morgan fingerprint density at radius 2 is 1.94 bits per heavy atom. The number of rotatable bonds is 7. The van der Waals surface area contributed by atoms with Crippen LogP contribution in [-0.2, 0) is 18.5 Å². The largest absolute Gasteiger partial charge is 0.497 e. The lowest BCUT2D eigenvalue weighted by molar-refractivity contribution is 0.321. The monoisotopic (exact) mass is 445 g/mol. The van der Waals surface area contributed by atoms with Gasteiger partial charge in [-0.05, 0) is 24.1 Å². The maximum Gasteiger partial charge on any atom is 0.191 e. The lowest BCUT2D eigenvalue weighted by Gasteiger charge is -2.19. The number of aliphatic imine (C=N–C) groups is 1. The van der Waals surface area contributed by atoms with Gasteiger partial charge in [-0.1, -0.05) is 20.8 Å². The number of guanidine groups is 1. The number of thiazole rings is 1. The summed E-state index contributed by atoms with van der Waals surface area (Å²) in [6, 6.07) is 6.41. The molecule has 1 aliphatic heterocycles. The van der Waals surface area contributed by atoms with Crippen LogP contribution in [0.2, 0.25) is 0 Å². The van der Waals surface area contributed by atoms with Crippen molar-refractivity contribution in [3.63, 3.8) is 0 Å². The summed E-state index contributed by atoms with van der Waals surface area (Å²) in [5.41, 5.74) is 2.33. The van der Waals surface area contributed by atoms with Crippen LogP contribution in [0, 0.1) is 0 Å². The van der Waals surface area contributed by atoms with Gasteiger partial charge in [-0.25, -0.2) is 4.98 Å². The summed E-state index contributed by atoms with van der Waals surface area (Å²) < 4.78 is 10.8. The van der Waals surface area contributed by atoms with Crippen molar-refractivity contribution in [2.45, 2.75) is 51.7 Å². The second-order valence-corrected chi connectivity index (χ2v) is 9.76. The summed E-state index contributed by atoms with van der Waals surface area (Å²) in [5.74, 6) is 2.47. The number of hydrogen-bond acceptors (Lipinski definition) is 6. The van der Waals surface area contributed by atoms with E-state index >= 15 is 0 Å². The predicted molar refractivity (Wildman–Crippen MR) is 127 cm³/mol. The molecule has 0 spiro atoms. The predicted octanol–water partition coefficient (Wildman–Crippen LogP) is 3.40. The second-order valence-electron chi connectivity index (χ2n) is 8.91. The Bertz CT molecular complexity index is 868. The molecule has 1 aromatic heterocycles. The maximum absolute atomic E-state index is 5.39. The summed E-state index contributed by atoms with van der Waals surface area (Å²) in [5, 5.41) is 10.2. The second kappa shape index (κ2) is 10.3. The molecule has 31 heavy (non-hydrogen) atoms. The van der Waals surface area contributed by atoms with E-state index in [1.165, 1.54) is 5.56 Å². The molecule has 2 N–H and O–H groups in total. The van der Waals surface area contributed by atoms with Gasteiger partial charge in [-0.3, -0.25) is 9.89 Å². The number of nitrogens with one attached hydrogen (secondary N) is 2. The zero-order valence-electron chi connectivity index (χ0n) is 19.5. The standard InChI is InChI=1S/C23H35N5O2S/c1-23(2,3)21-26-18(15-31-21)12-25-22(24-4)27-17-7-8-28(14-17)13-16-9-19(29-5)11-20(10-16)30-6/h9-11,15,17H,7-8,12-14H2,1-6H3,(H2,24,25,27). The normalized spacial score (nSPS) is 17.6. The van der Waals surface area contributed by atoms with Gasteiger partial charge in [0.2, 0.25) is 0 Å². The number of ether oxygens (including phenoxy) is 2. The van der Waals surface area contributed by atoms with Gasteiger partial charge < -0.3 is 20.1 Å². The van der Waals surface area contributed by atoms with Crippen molar-refractivity contribution in [3.05, 3.63) is 39.8 Å². The molecule has 1 atom stereocenters. The topological polar surface area (TPSA) is 71.0 Å². The SMILES string of the molecule is CN=C(NCc1csc(C(C)(C)C)n1)NC1CCN(Cc2cc(OC)cc(OC)c2)C1. The lowest BCUT2D eigenvalue weighted by atomic mass is 9.98. The van der Waals surface area contributed by atoms with Crippen molar-refractivity contribution in [1.29, 1.82) is 0 Å². The van der Waals surface area contributed by atoms with Crippen molar-refractivity contribution < 1.29 is 9.47 Å². The Morgan fingerprint density at radius 1 is 1.23 bits per heavy atom. The van der Waals surface area contributed by atoms with Gasteiger partial charge in [0.1, 0.15) is 11.5 Å². The van der Waals surface area contributed by atoms with Crippen molar-refractivity contribution >= 4 is 17.3 Å². The quantitative estimate of drug-likeness (QED) is 0.503. The molecular weight excluding hydrogens is 410 g/mol. The van der Waals surface area contributed by atoms with E-state index in [9.17, 15) is 0 Å². The van der Waals surface area contributed by atoms with Gasteiger partial charge in [0, 0.05) is 49.6 Å². The molecule has 1 saturated heterocycles. The average Bonchev–Trinajstić information content (AvgIpc) is 3.40. The molecule has 1 aliphatic rings. The van der Waals surface area contributed by atoms with Gasteiger partial charge in [0.15, 0.2) is 5.96 Å². The summed E-state index contributed by atoms with van der Waals surface area (Å²) >= 11 is 1.72. The summed E-state index contributed by atoms with van der Waals surface area (Å²) in [4.78, 5) is 11.6. The Hall–Kier alpha value is -2.32. The van der Waals surface area contributed by atoms with Crippen molar-refractivity contribution in [1.82, 2.24) is 20.5 Å². The average molecular weight is 446 g/mol. The fourth-order valence-corrected chi connectivity index (χ4v) is 4.51. The van der Waals surface area contributed by atoms with Crippen LogP contribution in [0.4, 0.5) is 0 Å². The van der Waals surface area contributed by atoms with Crippen LogP contribution in [0.15, 0.2) is 28.6 Å². The van der Waals surface area contributed by atoms with E-state index in [0.29, 0.717) is 12.6 Å². The van der Waals surface area contributed by atoms with E-state index in [-0.39, 0.29) is 5.41 Å². The third kappa shape index (κ3) is 6.58. The Kier molecular flexibility index (Phi) is 7.78. The fraction of sp³-hybridized carbons (Fsp3) is 0.565. The molecule has 1 unspecified atom stereocenters. The minimum atomic E-state index is 0.0862. The van der Waals surface area contributed by atoms with E-state index in [0.717, 1.165) is 54.2 Å². The molecule has 0 bridgehead atoms. The fourth-order valence-electron chi connectivity index (χ4n) is 3.60. The minimum absolute atomic E-state index is 0.0862. The highest BCUT2D eigenvalue weighted by molar-refractivity contribution is 7.09. The molecule has 0 saturated carbocycles. The van der Waals surface area contributed by atoms with Gasteiger partial charge in [-0.2, -0.15) is 0 Å². The van der Waals surface area contributed by atoms with E-state index < -0.39 is 0 Å². The van der Waals surface area contributed by atoms with Crippen molar-refractivity contribution in [3.8, 4) is 11.5 Å². The van der Waals surface area contributed by atoms with Crippen LogP contribution in [0.5, 0.6) is 11.5 Å². The molecule has 1 aromatic carbocycles. The van der Waals surface area contributed by atoms with Crippen molar-refractivity contribution in [2.75, 3.05) is 34.4 Å². The van der Waals surface area contributed by atoms with Gasteiger partial charge in [-0.15, -0.1) is 11.3 Å². The van der Waals surface area contributed by atoms with Crippen LogP contribution in [0.1, 0.15) is 43.5 Å². The first-order valence-electron chi connectivity index (χ1n) is 10.7. The molecular formula is C23H35N5O2S. The highest BCUT2D eigenvalue weighted by atomic mass is 32.1. The Labute approximate surface area is 189 Å². The number of nitrogens with zero attached hydrogens (tertiary/aromatic N) is 3. The Morgan fingerprint density at radius 3 is 2.52 bits per heavy atom. The highest BCUT2D eigenvalue weighted by Gasteiger charge is 2.24. The third-order valence-corrected chi connectivity index (χ3v) is 6.60. The number of likely N-dealkylation sites (tertiary alicyclic amines) is 1. The molecule has 8 heteroatoms. The summed E-state index contributed by atoms with van der Waals surface area (Å²) in [6.45, 7) is 10.1. The smallest absolute Gasteiger partial charge is 0.191 e.